The molecule has 0 saturated carbocycles. The Morgan fingerprint density at radius 2 is 2.25 bits per heavy atom. The molecular formula is C13H15FN2. The second-order valence-electron chi connectivity index (χ2n) is 4.48. The van der Waals surface area contributed by atoms with E-state index in [9.17, 15) is 4.39 Å². The first-order valence-corrected chi connectivity index (χ1v) is 5.82. The van der Waals surface area contributed by atoms with Gasteiger partial charge in [0.1, 0.15) is 5.82 Å². The number of halogens is 1. The molecule has 3 heteroatoms. The summed E-state index contributed by atoms with van der Waals surface area (Å²) in [5, 5.41) is 4.57. The van der Waals surface area contributed by atoms with E-state index in [0.717, 1.165) is 24.0 Å². The Hall–Kier alpha value is -1.35. The van der Waals surface area contributed by atoms with E-state index in [4.69, 9.17) is 0 Å². The molecule has 1 aromatic carbocycles. The van der Waals surface area contributed by atoms with Crippen molar-refractivity contribution in [2.75, 3.05) is 13.1 Å². The second-order valence-corrected chi connectivity index (χ2v) is 4.48. The van der Waals surface area contributed by atoms with Gasteiger partial charge in [0.2, 0.25) is 0 Å². The molecule has 1 aromatic heterocycles. The standard InChI is InChI=1S/C13H15FN2/c14-10-3-4-11-12(8-16-13(11)6-10)9-2-1-5-15-7-9/h3-4,6,8-9,15-16H,1-2,5,7H2. The number of aromatic nitrogens is 1. The van der Waals surface area contributed by atoms with E-state index in [2.05, 4.69) is 10.3 Å². The van der Waals surface area contributed by atoms with Gasteiger partial charge < -0.3 is 10.3 Å². The Morgan fingerprint density at radius 3 is 3.06 bits per heavy atom. The van der Waals surface area contributed by atoms with Crippen LogP contribution in [0, 0.1) is 5.82 Å². The Morgan fingerprint density at radius 1 is 1.31 bits per heavy atom. The lowest BCUT2D eigenvalue weighted by Crippen LogP contribution is -2.28. The number of fused-ring (bicyclic) bond motifs is 1. The second kappa shape index (κ2) is 3.91. The van der Waals surface area contributed by atoms with Crippen molar-refractivity contribution in [1.82, 2.24) is 10.3 Å². The molecule has 84 valence electrons. The van der Waals surface area contributed by atoms with Crippen LogP contribution in [0.5, 0.6) is 0 Å². The average Bonchev–Trinajstić information content (AvgIpc) is 2.73. The minimum Gasteiger partial charge on any atom is -0.361 e. The summed E-state index contributed by atoms with van der Waals surface area (Å²) in [6.45, 7) is 2.15. The van der Waals surface area contributed by atoms with E-state index in [1.54, 1.807) is 6.07 Å². The highest BCUT2D eigenvalue weighted by Gasteiger charge is 2.18. The fourth-order valence-corrected chi connectivity index (χ4v) is 2.58. The Balaban J connectivity index is 2.03. The lowest BCUT2D eigenvalue weighted by Gasteiger charge is -2.22. The third-order valence-electron chi connectivity index (χ3n) is 3.41. The van der Waals surface area contributed by atoms with Gasteiger partial charge in [0, 0.05) is 23.6 Å². The highest BCUT2D eigenvalue weighted by atomic mass is 19.1. The van der Waals surface area contributed by atoms with Crippen LogP contribution in [-0.4, -0.2) is 18.1 Å². The molecule has 2 aromatic rings. The topological polar surface area (TPSA) is 27.8 Å². The molecule has 2 nitrogen and oxygen atoms in total. The molecule has 0 aliphatic carbocycles. The number of H-pyrrole nitrogens is 1. The molecule has 0 amide bonds. The molecule has 1 atom stereocenters. The maximum absolute atomic E-state index is 13.1. The first-order chi connectivity index (χ1) is 7.84. The van der Waals surface area contributed by atoms with Crippen LogP contribution >= 0.6 is 0 Å². The number of piperidine rings is 1. The van der Waals surface area contributed by atoms with E-state index in [0.29, 0.717) is 5.92 Å². The molecular weight excluding hydrogens is 203 g/mol. The summed E-state index contributed by atoms with van der Waals surface area (Å²) in [7, 11) is 0. The average molecular weight is 218 g/mol. The van der Waals surface area contributed by atoms with Crippen molar-refractivity contribution in [2.45, 2.75) is 18.8 Å². The number of hydrogen-bond donors (Lipinski definition) is 2. The van der Waals surface area contributed by atoms with Gasteiger partial charge in [-0.25, -0.2) is 4.39 Å². The van der Waals surface area contributed by atoms with Crippen molar-refractivity contribution >= 4 is 10.9 Å². The zero-order valence-corrected chi connectivity index (χ0v) is 9.09. The Labute approximate surface area is 93.9 Å². The van der Waals surface area contributed by atoms with Crippen LogP contribution in [0.15, 0.2) is 24.4 Å². The monoisotopic (exact) mass is 218 g/mol. The molecule has 2 heterocycles. The van der Waals surface area contributed by atoms with E-state index in [1.165, 1.54) is 24.5 Å². The summed E-state index contributed by atoms with van der Waals surface area (Å²) < 4.78 is 13.1. The molecule has 1 aliphatic rings. The van der Waals surface area contributed by atoms with Gasteiger partial charge in [-0.1, -0.05) is 0 Å². The number of aromatic amines is 1. The zero-order valence-electron chi connectivity index (χ0n) is 9.09. The number of hydrogen-bond acceptors (Lipinski definition) is 1. The van der Waals surface area contributed by atoms with E-state index < -0.39 is 0 Å². The van der Waals surface area contributed by atoms with Gasteiger partial charge in [0.25, 0.3) is 0 Å². The largest absolute Gasteiger partial charge is 0.361 e. The van der Waals surface area contributed by atoms with Crippen molar-refractivity contribution < 1.29 is 4.39 Å². The van der Waals surface area contributed by atoms with Crippen LogP contribution in [-0.2, 0) is 0 Å². The quantitative estimate of drug-likeness (QED) is 0.756. The minimum absolute atomic E-state index is 0.178. The summed E-state index contributed by atoms with van der Waals surface area (Å²) >= 11 is 0. The van der Waals surface area contributed by atoms with E-state index in [1.807, 2.05) is 12.3 Å². The maximum atomic E-state index is 13.1. The van der Waals surface area contributed by atoms with Crippen molar-refractivity contribution in [1.29, 1.82) is 0 Å². The van der Waals surface area contributed by atoms with Crippen LogP contribution < -0.4 is 5.32 Å². The summed E-state index contributed by atoms with van der Waals surface area (Å²) in [5.41, 5.74) is 2.22. The van der Waals surface area contributed by atoms with Gasteiger partial charge in [0.05, 0.1) is 0 Å². The summed E-state index contributed by atoms with van der Waals surface area (Å²) in [6.07, 6.45) is 4.47. The molecule has 1 aliphatic heterocycles. The van der Waals surface area contributed by atoms with E-state index >= 15 is 0 Å². The molecule has 1 unspecified atom stereocenters. The molecule has 16 heavy (non-hydrogen) atoms. The third-order valence-corrected chi connectivity index (χ3v) is 3.41. The molecule has 0 radical (unpaired) electrons. The molecule has 2 N–H and O–H groups in total. The predicted octanol–water partition coefficient (Wildman–Crippen LogP) is 2.77. The van der Waals surface area contributed by atoms with Gasteiger partial charge >= 0.3 is 0 Å². The molecule has 0 spiro atoms. The fourth-order valence-electron chi connectivity index (χ4n) is 2.58. The smallest absolute Gasteiger partial charge is 0.125 e. The lowest BCUT2D eigenvalue weighted by molar-refractivity contribution is 0.463. The first kappa shape index (κ1) is 9.85. The third kappa shape index (κ3) is 1.61. The number of rotatable bonds is 1. The van der Waals surface area contributed by atoms with Gasteiger partial charge in [-0.05, 0) is 49.1 Å². The molecule has 1 fully saturated rings. The first-order valence-electron chi connectivity index (χ1n) is 5.82. The highest BCUT2D eigenvalue weighted by molar-refractivity contribution is 5.83. The predicted molar refractivity (Wildman–Crippen MR) is 63.1 cm³/mol. The van der Waals surface area contributed by atoms with Crippen molar-refractivity contribution in [2.24, 2.45) is 0 Å². The molecule has 3 rings (SSSR count). The van der Waals surface area contributed by atoms with Gasteiger partial charge in [0.15, 0.2) is 0 Å². The number of benzene rings is 1. The van der Waals surface area contributed by atoms with E-state index in [-0.39, 0.29) is 5.82 Å². The van der Waals surface area contributed by atoms with Crippen LogP contribution in [0.1, 0.15) is 24.3 Å². The summed E-state index contributed by atoms with van der Waals surface area (Å²) in [4.78, 5) is 3.16. The minimum atomic E-state index is -0.178. The van der Waals surface area contributed by atoms with Gasteiger partial charge in [-0.2, -0.15) is 0 Å². The van der Waals surface area contributed by atoms with Crippen LogP contribution in [0.3, 0.4) is 0 Å². The Bertz CT molecular complexity index is 498. The van der Waals surface area contributed by atoms with Crippen LogP contribution in [0.2, 0.25) is 0 Å². The highest BCUT2D eigenvalue weighted by Crippen LogP contribution is 2.30. The maximum Gasteiger partial charge on any atom is 0.125 e. The van der Waals surface area contributed by atoms with Crippen LogP contribution in [0.4, 0.5) is 4.39 Å². The van der Waals surface area contributed by atoms with Crippen molar-refractivity contribution in [3.63, 3.8) is 0 Å². The summed E-state index contributed by atoms with van der Waals surface area (Å²) in [5.74, 6) is 0.385. The Kier molecular flexibility index (Phi) is 2.40. The van der Waals surface area contributed by atoms with Gasteiger partial charge in [-0.3, -0.25) is 0 Å². The lowest BCUT2D eigenvalue weighted by atomic mass is 9.91. The van der Waals surface area contributed by atoms with Crippen molar-refractivity contribution in [3.05, 3.63) is 35.8 Å². The zero-order chi connectivity index (χ0) is 11.0. The van der Waals surface area contributed by atoms with Crippen molar-refractivity contribution in [3.8, 4) is 0 Å². The fraction of sp³-hybridized carbons (Fsp3) is 0.385. The SMILES string of the molecule is Fc1ccc2c(C3CCCNC3)c[nH]c2c1. The normalized spacial score (nSPS) is 21.4. The molecule has 1 saturated heterocycles. The summed E-state index contributed by atoms with van der Waals surface area (Å²) in [6, 6.07) is 4.98. The van der Waals surface area contributed by atoms with Crippen LogP contribution in [0.25, 0.3) is 10.9 Å². The number of nitrogens with one attached hydrogen (secondary N) is 2. The molecule has 0 bridgehead atoms. The van der Waals surface area contributed by atoms with Gasteiger partial charge in [-0.15, -0.1) is 0 Å².